The van der Waals surface area contributed by atoms with Crippen molar-refractivity contribution in [1.82, 2.24) is 4.90 Å². The van der Waals surface area contributed by atoms with Crippen molar-refractivity contribution < 1.29 is 44.3 Å². The molecule has 2 aliphatic rings. The van der Waals surface area contributed by atoms with E-state index in [-0.39, 0.29) is 53.1 Å². The molecule has 100 valence electrons. The van der Waals surface area contributed by atoms with E-state index in [0.29, 0.717) is 6.42 Å². The molecule has 0 bridgehead atoms. The zero-order chi connectivity index (χ0) is 13.3. The van der Waals surface area contributed by atoms with Gasteiger partial charge in [-0.3, -0.25) is 4.79 Å². The number of hydrogen-bond acceptors (Lipinski definition) is 4. The monoisotopic (exact) mass is 291 g/mol. The van der Waals surface area contributed by atoms with E-state index in [1.165, 1.54) is 4.90 Å². The number of unbranched alkanes of at least 4 members (excludes halogenated alkanes) is 1. The van der Waals surface area contributed by atoms with E-state index in [1.807, 2.05) is 6.92 Å². The Morgan fingerprint density at radius 1 is 1.47 bits per heavy atom. The van der Waals surface area contributed by atoms with Gasteiger partial charge in [-0.2, -0.15) is 0 Å². The third-order valence-electron chi connectivity index (χ3n) is 3.66. The Balaban J connectivity index is 0.00000180. The van der Waals surface area contributed by atoms with Crippen LogP contribution in [0, 0.1) is 5.92 Å². The molecule has 0 aromatic carbocycles. The van der Waals surface area contributed by atoms with Gasteiger partial charge in [0.25, 0.3) is 0 Å². The van der Waals surface area contributed by atoms with Crippen LogP contribution >= 0.6 is 11.8 Å². The molecule has 1 fully saturated rings. The summed E-state index contributed by atoms with van der Waals surface area (Å²) in [6.45, 7) is 4.08. The van der Waals surface area contributed by atoms with Crippen molar-refractivity contribution in [1.29, 1.82) is 0 Å². The summed E-state index contributed by atoms with van der Waals surface area (Å²) >= 11 is 1.57. The van der Waals surface area contributed by atoms with E-state index in [0.717, 1.165) is 29.9 Å². The molecule has 0 unspecified atom stereocenters. The number of carbonyl (C=O) groups is 2. The molecule has 4 nitrogen and oxygen atoms in total. The van der Waals surface area contributed by atoms with Crippen LogP contribution in [0.5, 0.6) is 0 Å². The van der Waals surface area contributed by atoms with Crippen LogP contribution in [-0.4, -0.2) is 28.6 Å². The van der Waals surface area contributed by atoms with Crippen LogP contribution in [0.3, 0.4) is 0 Å². The predicted octanol–water partition coefficient (Wildman–Crippen LogP) is -1.87. The second-order valence-electron chi connectivity index (χ2n) is 4.76. The summed E-state index contributed by atoms with van der Waals surface area (Å²) < 4.78 is 0. The number of aliphatic carboxylic acids is 1. The second kappa shape index (κ2) is 7.16. The number of rotatable bonds is 6. The predicted molar refractivity (Wildman–Crippen MR) is 68.4 cm³/mol. The number of nitrogens with zero attached hydrogens (tertiary/aromatic N) is 1. The van der Waals surface area contributed by atoms with E-state index < -0.39 is 5.97 Å². The molecule has 1 saturated heterocycles. The van der Waals surface area contributed by atoms with Crippen molar-refractivity contribution in [3.05, 3.63) is 10.6 Å². The van der Waals surface area contributed by atoms with Crippen LogP contribution in [0.1, 0.15) is 39.5 Å². The fraction of sp³-hybridized carbons (Fsp3) is 0.692. The molecular weight excluding hydrogens is 273 g/mol. The third-order valence-corrected chi connectivity index (χ3v) is 4.86. The summed E-state index contributed by atoms with van der Waals surface area (Å²) in [6.07, 6.45) is 3.63. The van der Waals surface area contributed by atoms with Crippen LogP contribution in [0.2, 0.25) is 0 Å². The number of fused-ring (bicyclic) bond motifs is 1. The van der Waals surface area contributed by atoms with Gasteiger partial charge in [-0.1, -0.05) is 20.3 Å². The summed E-state index contributed by atoms with van der Waals surface area (Å²) in [7, 11) is 0. The quantitative estimate of drug-likeness (QED) is 0.327. The number of amides is 1. The van der Waals surface area contributed by atoms with Crippen molar-refractivity contribution in [2.24, 2.45) is 5.92 Å². The SMILES string of the molecule is CCCCSC1=C(C(=O)[O-])N2C(=O)[C@H](CC)[C@H]2C1.[Na+]. The molecule has 2 atom stereocenters. The first-order valence-electron chi connectivity index (χ1n) is 6.52. The number of carboxylic acids is 1. The van der Waals surface area contributed by atoms with E-state index in [9.17, 15) is 14.7 Å². The van der Waals surface area contributed by atoms with Crippen LogP contribution < -0.4 is 34.7 Å². The Labute approximate surface area is 140 Å². The molecule has 0 N–H and O–H groups in total. The van der Waals surface area contributed by atoms with Crippen LogP contribution in [0.25, 0.3) is 0 Å². The minimum absolute atomic E-state index is 0. The van der Waals surface area contributed by atoms with Crippen LogP contribution in [0.4, 0.5) is 0 Å². The van der Waals surface area contributed by atoms with Gasteiger partial charge >= 0.3 is 29.6 Å². The molecule has 2 aliphatic heterocycles. The maximum absolute atomic E-state index is 11.9. The van der Waals surface area contributed by atoms with Crippen molar-refractivity contribution >= 4 is 23.6 Å². The molecule has 1 amide bonds. The first kappa shape index (κ1) is 17.1. The summed E-state index contributed by atoms with van der Waals surface area (Å²) in [5, 5.41) is 11.2. The number of thioether (sulfide) groups is 1. The maximum atomic E-state index is 11.9. The van der Waals surface area contributed by atoms with Crippen molar-refractivity contribution in [2.45, 2.75) is 45.6 Å². The van der Waals surface area contributed by atoms with Gasteiger partial charge in [0.2, 0.25) is 5.91 Å². The average molecular weight is 291 g/mol. The molecule has 0 aromatic rings. The Hall–Kier alpha value is 0.0300. The van der Waals surface area contributed by atoms with Gasteiger partial charge < -0.3 is 14.8 Å². The number of hydrogen-bond donors (Lipinski definition) is 0. The summed E-state index contributed by atoms with van der Waals surface area (Å²) in [5.41, 5.74) is 0.135. The minimum Gasteiger partial charge on any atom is -0.543 e. The van der Waals surface area contributed by atoms with Crippen LogP contribution in [0.15, 0.2) is 10.6 Å². The fourth-order valence-electron chi connectivity index (χ4n) is 2.66. The number of carbonyl (C=O) groups excluding carboxylic acids is 2. The summed E-state index contributed by atoms with van der Waals surface area (Å²) in [6, 6.07) is 0.0690. The molecule has 6 heteroatoms. The molecule has 0 radical (unpaired) electrons. The molecule has 0 saturated carbocycles. The Kier molecular flexibility index (Phi) is 6.43. The normalized spacial score (nSPS) is 24.9. The summed E-state index contributed by atoms with van der Waals surface area (Å²) in [5.74, 6) is -0.343. The topological polar surface area (TPSA) is 60.4 Å². The second-order valence-corrected chi connectivity index (χ2v) is 5.95. The van der Waals surface area contributed by atoms with Gasteiger partial charge in [-0.15, -0.1) is 11.8 Å². The van der Waals surface area contributed by atoms with Gasteiger partial charge in [0.05, 0.1) is 23.6 Å². The summed E-state index contributed by atoms with van der Waals surface area (Å²) in [4.78, 5) is 25.3. The maximum Gasteiger partial charge on any atom is 1.00 e. The van der Waals surface area contributed by atoms with E-state index in [1.54, 1.807) is 11.8 Å². The first-order chi connectivity index (χ1) is 8.61. The van der Waals surface area contributed by atoms with Crippen LogP contribution in [-0.2, 0) is 9.59 Å². The van der Waals surface area contributed by atoms with Crippen molar-refractivity contribution in [3.63, 3.8) is 0 Å². The molecule has 2 heterocycles. The number of β-lactam (4-membered cyclic amide) rings is 1. The van der Waals surface area contributed by atoms with Crippen molar-refractivity contribution in [2.75, 3.05) is 5.75 Å². The van der Waals surface area contributed by atoms with Gasteiger partial charge in [-0.05, 0) is 18.6 Å². The Morgan fingerprint density at radius 2 is 2.16 bits per heavy atom. The first-order valence-corrected chi connectivity index (χ1v) is 7.50. The minimum atomic E-state index is -1.21. The van der Waals surface area contributed by atoms with E-state index in [2.05, 4.69) is 6.92 Å². The Bertz CT molecular complexity index is 411. The van der Waals surface area contributed by atoms with Gasteiger partial charge in [0.15, 0.2) is 0 Å². The number of carboxylic acid groups (broad SMARTS) is 1. The average Bonchev–Trinajstić information content (AvgIpc) is 2.65. The zero-order valence-corrected chi connectivity index (χ0v) is 14.6. The molecule has 2 rings (SSSR count). The molecule has 19 heavy (non-hydrogen) atoms. The van der Waals surface area contributed by atoms with Gasteiger partial charge in [0.1, 0.15) is 0 Å². The largest absolute Gasteiger partial charge is 1.00 e. The molecule has 0 aromatic heterocycles. The molecule has 0 aliphatic carbocycles. The van der Waals surface area contributed by atoms with E-state index in [4.69, 9.17) is 0 Å². The fourth-order valence-corrected chi connectivity index (χ4v) is 3.95. The smallest absolute Gasteiger partial charge is 0.543 e. The Morgan fingerprint density at radius 3 is 2.68 bits per heavy atom. The third kappa shape index (κ3) is 3.04. The standard InChI is InChI=1S/C13H19NO3S.Na/c1-3-5-6-18-10-7-9-8(4-2)12(15)14(9)11(10)13(16)17;/h8-9H,3-7H2,1-2H3,(H,16,17);/q;+1/p-1/t8-,9-;/m1./s1. The molecular formula is C13H18NNaO3S. The molecule has 0 spiro atoms. The van der Waals surface area contributed by atoms with Gasteiger partial charge in [0, 0.05) is 11.3 Å². The zero-order valence-electron chi connectivity index (χ0n) is 11.8. The van der Waals surface area contributed by atoms with Crippen molar-refractivity contribution in [3.8, 4) is 0 Å². The van der Waals surface area contributed by atoms with E-state index >= 15 is 0 Å². The van der Waals surface area contributed by atoms with Gasteiger partial charge in [-0.25, -0.2) is 0 Å².